The van der Waals surface area contributed by atoms with Gasteiger partial charge < -0.3 is 5.32 Å². The molecule has 130 valence electrons. The van der Waals surface area contributed by atoms with E-state index in [0.717, 1.165) is 31.5 Å². The minimum Gasteiger partial charge on any atom is -0.353 e. The van der Waals surface area contributed by atoms with E-state index in [4.69, 9.17) is 0 Å². The molecule has 2 aromatic carbocycles. The number of carbonyl (C=O) groups is 1. The predicted molar refractivity (Wildman–Crippen MR) is 100 cm³/mol. The summed E-state index contributed by atoms with van der Waals surface area (Å²) in [6.45, 7) is 2.94. The molecule has 0 bridgehead atoms. The van der Waals surface area contributed by atoms with Crippen molar-refractivity contribution in [3.05, 3.63) is 71.8 Å². The maximum atomic E-state index is 12.9. The second-order valence-corrected chi connectivity index (χ2v) is 7.33. The average molecular weight is 334 g/mol. The van der Waals surface area contributed by atoms with Crippen molar-refractivity contribution in [1.82, 2.24) is 10.2 Å². The second-order valence-electron chi connectivity index (χ2n) is 7.33. The maximum Gasteiger partial charge on any atom is 0.230 e. The first-order valence-corrected chi connectivity index (χ1v) is 9.42. The third-order valence-electron chi connectivity index (χ3n) is 5.73. The van der Waals surface area contributed by atoms with E-state index >= 15 is 0 Å². The van der Waals surface area contributed by atoms with Crippen LogP contribution >= 0.6 is 0 Å². The van der Waals surface area contributed by atoms with Gasteiger partial charge in [-0.1, -0.05) is 60.7 Å². The molecule has 1 unspecified atom stereocenters. The Labute approximate surface area is 150 Å². The second kappa shape index (κ2) is 7.01. The highest BCUT2D eigenvalue weighted by molar-refractivity contribution is 5.91. The van der Waals surface area contributed by atoms with Crippen LogP contribution in [0.3, 0.4) is 0 Å². The molecule has 1 amide bonds. The molecule has 1 aliphatic heterocycles. The summed E-state index contributed by atoms with van der Waals surface area (Å²) in [7, 11) is 0. The van der Waals surface area contributed by atoms with Gasteiger partial charge in [0.2, 0.25) is 5.91 Å². The minimum absolute atomic E-state index is 0.193. The van der Waals surface area contributed by atoms with Crippen LogP contribution < -0.4 is 5.32 Å². The number of hydrogen-bond donors (Lipinski definition) is 1. The fourth-order valence-corrected chi connectivity index (χ4v) is 4.07. The monoisotopic (exact) mass is 334 g/mol. The number of amides is 1. The lowest BCUT2D eigenvalue weighted by Crippen LogP contribution is -2.41. The normalized spacial score (nSPS) is 20.2. The number of nitrogens with zero attached hydrogens (tertiary/aromatic N) is 1. The molecule has 1 saturated carbocycles. The molecule has 2 aromatic rings. The topological polar surface area (TPSA) is 32.3 Å². The standard InChI is InChI=1S/C22H26N2O/c25-21(22(13-14-22)19-11-5-2-6-12-19)23-17-20(24-15-7-8-16-24)18-9-3-1-4-10-18/h1-6,9-12,20H,7-8,13-17H2,(H,23,25). The molecule has 3 heteroatoms. The lowest BCUT2D eigenvalue weighted by atomic mass is 9.95. The number of carbonyl (C=O) groups excluding carboxylic acids is 1. The van der Waals surface area contributed by atoms with Gasteiger partial charge in [-0.25, -0.2) is 0 Å². The first-order chi connectivity index (χ1) is 12.3. The van der Waals surface area contributed by atoms with Crippen LogP contribution in [0.1, 0.15) is 42.9 Å². The van der Waals surface area contributed by atoms with E-state index in [1.54, 1.807) is 0 Å². The van der Waals surface area contributed by atoms with Crippen molar-refractivity contribution >= 4 is 5.91 Å². The Balaban J connectivity index is 1.47. The van der Waals surface area contributed by atoms with Crippen LogP contribution in [0.5, 0.6) is 0 Å². The van der Waals surface area contributed by atoms with Crippen LogP contribution in [0.15, 0.2) is 60.7 Å². The maximum absolute atomic E-state index is 12.9. The van der Waals surface area contributed by atoms with Gasteiger partial charge >= 0.3 is 0 Å². The lowest BCUT2D eigenvalue weighted by molar-refractivity contribution is -0.123. The molecule has 1 saturated heterocycles. The van der Waals surface area contributed by atoms with Gasteiger partial charge in [-0.15, -0.1) is 0 Å². The van der Waals surface area contributed by atoms with Gasteiger partial charge in [0.25, 0.3) is 0 Å². The molecule has 2 aliphatic rings. The summed E-state index contributed by atoms with van der Waals surface area (Å²) < 4.78 is 0. The van der Waals surface area contributed by atoms with Gasteiger partial charge in [-0.3, -0.25) is 9.69 Å². The molecule has 1 heterocycles. The number of benzene rings is 2. The lowest BCUT2D eigenvalue weighted by Gasteiger charge is -2.29. The predicted octanol–water partition coefficient (Wildman–Crippen LogP) is 3.67. The molecule has 4 rings (SSSR count). The molecule has 1 atom stereocenters. The molecule has 3 nitrogen and oxygen atoms in total. The van der Waals surface area contributed by atoms with Gasteiger partial charge in [0, 0.05) is 6.54 Å². The number of hydrogen-bond acceptors (Lipinski definition) is 2. The quantitative estimate of drug-likeness (QED) is 0.874. The Bertz CT molecular complexity index is 703. The van der Waals surface area contributed by atoms with Gasteiger partial charge in [0.1, 0.15) is 0 Å². The van der Waals surface area contributed by atoms with Crippen LogP contribution in [-0.4, -0.2) is 30.4 Å². The third-order valence-corrected chi connectivity index (χ3v) is 5.73. The van der Waals surface area contributed by atoms with Crippen LogP contribution in [0.4, 0.5) is 0 Å². The van der Waals surface area contributed by atoms with Gasteiger partial charge in [-0.2, -0.15) is 0 Å². The van der Waals surface area contributed by atoms with Crippen molar-refractivity contribution in [2.75, 3.05) is 19.6 Å². The van der Waals surface area contributed by atoms with E-state index in [-0.39, 0.29) is 17.4 Å². The highest BCUT2D eigenvalue weighted by atomic mass is 16.2. The zero-order valence-corrected chi connectivity index (χ0v) is 14.7. The molecule has 1 N–H and O–H groups in total. The zero-order chi connectivity index (χ0) is 17.1. The fourth-order valence-electron chi connectivity index (χ4n) is 4.07. The van der Waals surface area contributed by atoms with Crippen molar-refractivity contribution in [2.45, 2.75) is 37.1 Å². The SMILES string of the molecule is O=C(NCC(c1ccccc1)N1CCCC1)C1(c2ccccc2)CC1. The zero-order valence-electron chi connectivity index (χ0n) is 14.7. The van der Waals surface area contributed by atoms with Crippen molar-refractivity contribution in [3.63, 3.8) is 0 Å². The van der Waals surface area contributed by atoms with E-state index in [1.807, 2.05) is 18.2 Å². The summed E-state index contributed by atoms with van der Waals surface area (Å²) >= 11 is 0. The third kappa shape index (κ3) is 3.34. The molecule has 0 aromatic heterocycles. The average Bonchev–Trinajstić information content (AvgIpc) is 3.32. The van der Waals surface area contributed by atoms with Crippen LogP contribution in [0, 0.1) is 0 Å². The van der Waals surface area contributed by atoms with Crippen molar-refractivity contribution in [1.29, 1.82) is 0 Å². The number of nitrogens with one attached hydrogen (secondary N) is 1. The van der Waals surface area contributed by atoms with Gasteiger partial charge in [-0.05, 0) is 49.9 Å². The molecule has 0 spiro atoms. The van der Waals surface area contributed by atoms with Crippen molar-refractivity contribution in [2.24, 2.45) is 0 Å². The van der Waals surface area contributed by atoms with Gasteiger partial charge in [0.05, 0.1) is 11.5 Å². The molecular weight excluding hydrogens is 308 g/mol. The van der Waals surface area contributed by atoms with Crippen LogP contribution in [-0.2, 0) is 10.2 Å². The fraction of sp³-hybridized carbons (Fsp3) is 0.409. The summed E-state index contributed by atoms with van der Waals surface area (Å²) in [6.07, 6.45) is 4.43. The summed E-state index contributed by atoms with van der Waals surface area (Å²) in [4.78, 5) is 15.5. The molecule has 0 radical (unpaired) electrons. The Morgan fingerprint density at radius 2 is 1.56 bits per heavy atom. The summed E-state index contributed by atoms with van der Waals surface area (Å²) in [5.74, 6) is 0.193. The first kappa shape index (κ1) is 16.3. The van der Waals surface area contributed by atoms with E-state index in [9.17, 15) is 4.79 Å². The number of likely N-dealkylation sites (tertiary alicyclic amines) is 1. The first-order valence-electron chi connectivity index (χ1n) is 9.42. The Hall–Kier alpha value is -2.13. The summed E-state index contributed by atoms with van der Waals surface area (Å²) in [5, 5.41) is 3.28. The molecule has 1 aliphatic carbocycles. The highest BCUT2D eigenvalue weighted by Gasteiger charge is 2.51. The summed E-state index contributed by atoms with van der Waals surface area (Å²) in [6, 6.07) is 21.1. The van der Waals surface area contributed by atoms with Crippen LogP contribution in [0.25, 0.3) is 0 Å². The molecular formula is C22H26N2O. The van der Waals surface area contributed by atoms with E-state index in [1.165, 1.54) is 18.4 Å². The van der Waals surface area contributed by atoms with E-state index < -0.39 is 0 Å². The largest absolute Gasteiger partial charge is 0.353 e. The van der Waals surface area contributed by atoms with E-state index in [0.29, 0.717) is 6.54 Å². The van der Waals surface area contributed by atoms with Crippen molar-refractivity contribution < 1.29 is 4.79 Å². The number of rotatable bonds is 6. The highest BCUT2D eigenvalue weighted by Crippen LogP contribution is 2.48. The Morgan fingerprint density at radius 1 is 0.960 bits per heavy atom. The van der Waals surface area contributed by atoms with Gasteiger partial charge in [0.15, 0.2) is 0 Å². The summed E-state index contributed by atoms with van der Waals surface area (Å²) in [5.41, 5.74) is 2.17. The molecule has 25 heavy (non-hydrogen) atoms. The Morgan fingerprint density at radius 3 is 2.16 bits per heavy atom. The smallest absolute Gasteiger partial charge is 0.230 e. The van der Waals surface area contributed by atoms with Crippen molar-refractivity contribution in [3.8, 4) is 0 Å². The Kier molecular flexibility index (Phi) is 4.58. The minimum atomic E-state index is -0.284. The van der Waals surface area contributed by atoms with Crippen LogP contribution in [0.2, 0.25) is 0 Å². The van der Waals surface area contributed by atoms with E-state index in [2.05, 4.69) is 52.7 Å². The molecule has 2 fully saturated rings.